The van der Waals surface area contributed by atoms with Crippen LogP contribution in [0.25, 0.3) is 0 Å². The molecule has 1 unspecified atom stereocenters. The fourth-order valence-corrected chi connectivity index (χ4v) is 5.30. The standard InChI is InChI=1S/C29H60NO5P/c1-7-8-9-10-11-12-13-14-15-16-17-18-19-20-24-34-25-21-29(2,28-33-6)22-26-35-36(31,32)27-23-30(3,4)5/h22,26H,7-21,23-25,27-28H2,1-6H3/b26-22+/t29-/m0/s1. The number of methoxy groups -OCH3 is 1. The Kier molecular flexibility index (Phi) is 21.3. The van der Waals surface area contributed by atoms with Gasteiger partial charge in [0.15, 0.2) is 7.60 Å². The van der Waals surface area contributed by atoms with E-state index in [1.807, 2.05) is 28.1 Å². The highest BCUT2D eigenvalue weighted by Gasteiger charge is 2.22. The largest absolute Gasteiger partial charge is 0.769 e. The van der Waals surface area contributed by atoms with Crippen molar-refractivity contribution in [3.63, 3.8) is 0 Å². The molecule has 6 nitrogen and oxygen atoms in total. The lowest BCUT2D eigenvalue weighted by atomic mass is 9.88. The average Bonchev–Trinajstić information content (AvgIpc) is 2.79. The Morgan fingerprint density at radius 1 is 0.833 bits per heavy atom. The average molecular weight is 534 g/mol. The normalized spacial score (nSPS) is 15.8. The molecule has 36 heavy (non-hydrogen) atoms. The van der Waals surface area contributed by atoms with Crippen molar-refractivity contribution in [1.82, 2.24) is 0 Å². The van der Waals surface area contributed by atoms with Crippen LogP contribution in [0.3, 0.4) is 0 Å². The van der Waals surface area contributed by atoms with Gasteiger partial charge in [-0.1, -0.05) is 97.3 Å². The molecule has 0 N–H and O–H groups in total. The first-order valence-corrected chi connectivity index (χ1v) is 16.3. The minimum Gasteiger partial charge on any atom is -0.769 e. The third-order valence-corrected chi connectivity index (χ3v) is 7.86. The topological polar surface area (TPSA) is 67.8 Å². The van der Waals surface area contributed by atoms with Crippen LogP contribution in [-0.2, 0) is 18.6 Å². The van der Waals surface area contributed by atoms with Crippen molar-refractivity contribution in [2.75, 3.05) is 60.8 Å². The van der Waals surface area contributed by atoms with Crippen molar-refractivity contribution in [2.24, 2.45) is 5.41 Å². The van der Waals surface area contributed by atoms with E-state index in [1.165, 1.54) is 89.7 Å². The van der Waals surface area contributed by atoms with Gasteiger partial charge in [-0.15, -0.1) is 0 Å². The van der Waals surface area contributed by atoms with Gasteiger partial charge in [0.05, 0.1) is 46.7 Å². The summed E-state index contributed by atoms with van der Waals surface area (Å²) in [5.41, 5.74) is -0.329. The van der Waals surface area contributed by atoms with Crippen LogP contribution in [-0.4, -0.2) is 65.3 Å². The Hall–Kier alpha value is -0.390. The summed E-state index contributed by atoms with van der Waals surface area (Å²) in [4.78, 5) is 12.1. The van der Waals surface area contributed by atoms with Crippen molar-refractivity contribution >= 4 is 7.60 Å². The first kappa shape index (κ1) is 35.6. The molecule has 0 radical (unpaired) electrons. The van der Waals surface area contributed by atoms with Crippen LogP contribution < -0.4 is 4.89 Å². The molecule has 0 aliphatic carbocycles. The molecule has 0 aromatic carbocycles. The highest BCUT2D eigenvalue weighted by molar-refractivity contribution is 7.51. The molecule has 0 saturated carbocycles. The minimum atomic E-state index is -3.88. The maximum Gasteiger partial charge on any atom is 0.189 e. The summed E-state index contributed by atoms with van der Waals surface area (Å²) >= 11 is 0. The highest BCUT2D eigenvalue weighted by Crippen LogP contribution is 2.38. The van der Waals surface area contributed by atoms with Gasteiger partial charge in [0.25, 0.3) is 0 Å². The summed E-state index contributed by atoms with van der Waals surface area (Å²) in [6.45, 7) is 6.71. The van der Waals surface area contributed by atoms with Gasteiger partial charge in [-0.2, -0.15) is 0 Å². The first-order valence-electron chi connectivity index (χ1n) is 14.6. The van der Waals surface area contributed by atoms with E-state index in [9.17, 15) is 9.46 Å². The number of ether oxygens (including phenoxy) is 2. The molecule has 0 fully saturated rings. The van der Waals surface area contributed by atoms with Crippen LogP contribution in [0, 0.1) is 5.41 Å². The Morgan fingerprint density at radius 3 is 1.81 bits per heavy atom. The van der Waals surface area contributed by atoms with Crippen LogP contribution in [0.4, 0.5) is 0 Å². The minimum absolute atomic E-state index is 0.0180. The Morgan fingerprint density at radius 2 is 1.33 bits per heavy atom. The van der Waals surface area contributed by atoms with E-state index in [-0.39, 0.29) is 11.6 Å². The van der Waals surface area contributed by atoms with Gasteiger partial charge in [0, 0.05) is 25.7 Å². The van der Waals surface area contributed by atoms with Crippen molar-refractivity contribution in [2.45, 2.75) is 110 Å². The maximum atomic E-state index is 12.1. The van der Waals surface area contributed by atoms with Crippen LogP contribution in [0.15, 0.2) is 12.3 Å². The van der Waals surface area contributed by atoms with Gasteiger partial charge in [-0.05, 0) is 18.9 Å². The molecule has 0 aliphatic rings. The number of unbranched alkanes of at least 4 members (excludes halogenated alkanes) is 13. The second-order valence-corrected chi connectivity index (χ2v) is 13.7. The lowest BCUT2D eigenvalue weighted by molar-refractivity contribution is -0.868. The summed E-state index contributed by atoms with van der Waals surface area (Å²) < 4.78 is 29.0. The third kappa shape index (κ3) is 24.0. The molecule has 216 valence electrons. The highest BCUT2D eigenvalue weighted by atomic mass is 31.2. The summed E-state index contributed by atoms with van der Waals surface area (Å²) in [5.74, 6) is 0. The van der Waals surface area contributed by atoms with Crippen LogP contribution in [0.2, 0.25) is 0 Å². The Bertz CT molecular complexity index is 579. The fourth-order valence-electron chi connectivity index (χ4n) is 4.10. The predicted octanol–water partition coefficient (Wildman–Crippen LogP) is 7.32. The van der Waals surface area contributed by atoms with Crippen molar-refractivity contribution in [1.29, 1.82) is 0 Å². The van der Waals surface area contributed by atoms with E-state index in [0.717, 1.165) is 19.4 Å². The van der Waals surface area contributed by atoms with E-state index in [1.54, 1.807) is 13.2 Å². The van der Waals surface area contributed by atoms with Gasteiger partial charge >= 0.3 is 0 Å². The Labute approximate surface area is 224 Å². The second-order valence-electron chi connectivity index (χ2n) is 11.8. The zero-order valence-electron chi connectivity index (χ0n) is 24.7. The molecule has 0 rings (SSSR count). The van der Waals surface area contributed by atoms with Crippen molar-refractivity contribution in [3.8, 4) is 0 Å². The van der Waals surface area contributed by atoms with Crippen LogP contribution in [0.5, 0.6) is 0 Å². The molecule has 0 spiro atoms. The molecule has 0 heterocycles. The summed E-state index contributed by atoms with van der Waals surface area (Å²) in [6.07, 6.45) is 22.8. The monoisotopic (exact) mass is 533 g/mol. The predicted molar refractivity (Wildman–Crippen MR) is 151 cm³/mol. The van der Waals surface area contributed by atoms with Gasteiger partial charge < -0.3 is 23.4 Å². The SMILES string of the molecule is CCCCCCCCCCCCCCCCOCC[C@@](C)(/C=C/OP(=O)([O-])CC[N+](C)(C)C)COC. The molecule has 0 aliphatic heterocycles. The van der Waals surface area contributed by atoms with Crippen molar-refractivity contribution in [3.05, 3.63) is 12.3 Å². The van der Waals surface area contributed by atoms with Crippen LogP contribution >= 0.6 is 7.60 Å². The lowest BCUT2D eigenvalue weighted by Crippen LogP contribution is -2.37. The number of hydrogen-bond donors (Lipinski definition) is 0. The fraction of sp³-hybridized carbons (Fsp3) is 0.931. The van der Waals surface area contributed by atoms with Crippen LogP contribution in [0.1, 0.15) is 110 Å². The zero-order valence-corrected chi connectivity index (χ0v) is 25.6. The third-order valence-electron chi connectivity index (χ3n) is 6.67. The second kappa shape index (κ2) is 21.5. The van der Waals surface area contributed by atoms with E-state index in [2.05, 4.69) is 6.92 Å². The summed E-state index contributed by atoms with van der Waals surface area (Å²) in [6, 6.07) is 0. The molecule has 0 aromatic rings. The zero-order chi connectivity index (χ0) is 27.2. The maximum absolute atomic E-state index is 12.1. The quantitative estimate of drug-likeness (QED) is 0.0504. The summed E-state index contributed by atoms with van der Waals surface area (Å²) in [5, 5.41) is 0. The van der Waals surface area contributed by atoms with Gasteiger partial charge in [-0.25, -0.2) is 0 Å². The molecule has 0 amide bonds. The number of hydrogen-bond acceptors (Lipinski definition) is 5. The lowest BCUT2D eigenvalue weighted by Gasteiger charge is -2.29. The number of rotatable bonds is 26. The molecule has 7 heteroatoms. The molecule has 0 bridgehead atoms. The van der Waals surface area contributed by atoms with Gasteiger partial charge in [0.1, 0.15) is 0 Å². The van der Waals surface area contributed by atoms with Crippen molar-refractivity contribution < 1.29 is 27.9 Å². The molecule has 2 atom stereocenters. The number of quaternary nitrogens is 1. The Balaban J connectivity index is 3.83. The molecule has 0 saturated heterocycles. The first-order chi connectivity index (χ1) is 17.0. The molecule has 0 aromatic heterocycles. The van der Waals surface area contributed by atoms with E-state index >= 15 is 0 Å². The smallest absolute Gasteiger partial charge is 0.189 e. The van der Waals surface area contributed by atoms with Gasteiger partial charge in [-0.3, -0.25) is 4.57 Å². The van der Waals surface area contributed by atoms with Gasteiger partial charge in [0.2, 0.25) is 0 Å². The molecular weight excluding hydrogens is 473 g/mol. The molecular formula is C29H60NO5P. The van der Waals surface area contributed by atoms with E-state index in [4.69, 9.17) is 14.0 Å². The van der Waals surface area contributed by atoms with E-state index in [0.29, 0.717) is 24.2 Å². The summed E-state index contributed by atoms with van der Waals surface area (Å²) in [7, 11) is 3.66. The van der Waals surface area contributed by atoms with E-state index < -0.39 is 7.60 Å². The number of nitrogens with zero attached hydrogens (tertiary/aromatic N) is 1.